The van der Waals surface area contributed by atoms with Gasteiger partial charge in [-0.05, 0) is 6.42 Å². The Morgan fingerprint density at radius 2 is 2.32 bits per heavy atom. The van der Waals surface area contributed by atoms with Crippen molar-refractivity contribution in [1.29, 1.82) is 0 Å². The molecule has 0 amide bonds. The zero-order valence-corrected chi connectivity index (χ0v) is 10.8. The lowest BCUT2D eigenvalue weighted by Crippen LogP contribution is -2.35. The molecular formula is C11H14ClN3O4. The predicted octanol–water partition coefficient (Wildman–Crippen LogP) is -0.757. The van der Waals surface area contributed by atoms with Gasteiger partial charge in [0.15, 0.2) is 18.2 Å². The summed E-state index contributed by atoms with van der Waals surface area (Å²) < 4.78 is 11.2. The van der Waals surface area contributed by atoms with Crippen LogP contribution in [0.2, 0.25) is 0 Å². The number of nitrogens with zero attached hydrogens (tertiary/aromatic N) is 3. The Hall–Kier alpha value is -1.15. The van der Waals surface area contributed by atoms with E-state index in [0.29, 0.717) is 6.02 Å². The fourth-order valence-electron chi connectivity index (χ4n) is 2.71. The minimum Gasteiger partial charge on any atom is -0.454 e. The van der Waals surface area contributed by atoms with Crippen molar-refractivity contribution < 1.29 is 19.7 Å². The first-order valence-corrected chi connectivity index (χ1v) is 6.01. The molecule has 19 heavy (non-hydrogen) atoms. The van der Waals surface area contributed by atoms with Crippen LogP contribution in [0.25, 0.3) is 0 Å². The molecule has 0 spiro atoms. The van der Waals surface area contributed by atoms with Crippen molar-refractivity contribution in [2.45, 2.75) is 31.0 Å². The van der Waals surface area contributed by atoms with Gasteiger partial charge in [-0.2, -0.15) is 4.99 Å². The molecule has 2 N–H and O–H groups in total. The number of fused-ring (bicyclic) bond motifs is 4. The predicted molar refractivity (Wildman–Crippen MR) is 68.2 cm³/mol. The molecule has 0 aromatic heterocycles. The standard InChI is InChI=1S/C11H13N3O4.ClH/c15-4-6-7(16)8-10(17-6)14-3-5-1-2-12-9(5)13-11(14)18-8;/h3,6-8,10,15-16H,1-2,4H2;1H/t6-,7-,8+,10-;/m1./s1. The van der Waals surface area contributed by atoms with Crippen LogP contribution in [-0.2, 0) is 9.47 Å². The van der Waals surface area contributed by atoms with Gasteiger partial charge in [0.05, 0.1) is 6.61 Å². The van der Waals surface area contributed by atoms with E-state index in [1.54, 1.807) is 4.90 Å². The number of hydrogen-bond donors (Lipinski definition) is 2. The fraction of sp³-hybridized carbons (Fsp3) is 0.636. The van der Waals surface area contributed by atoms with Gasteiger partial charge in [-0.25, -0.2) is 0 Å². The van der Waals surface area contributed by atoms with Crippen molar-refractivity contribution >= 4 is 24.3 Å². The number of hydrogen-bond acceptors (Lipinski definition) is 7. The molecule has 104 valence electrons. The van der Waals surface area contributed by atoms with E-state index >= 15 is 0 Å². The van der Waals surface area contributed by atoms with Crippen LogP contribution in [0.3, 0.4) is 0 Å². The SMILES string of the molecule is Cl.OC[C@H]1O[C@@H]2[C@@H](OC3=NC4=NCCC4=CN32)[C@@H]1O. The van der Waals surface area contributed by atoms with Crippen molar-refractivity contribution in [3.05, 3.63) is 11.8 Å². The summed E-state index contributed by atoms with van der Waals surface area (Å²) in [5, 5.41) is 19.1. The van der Waals surface area contributed by atoms with E-state index in [0.717, 1.165) is 24.4 Å². The van der Waals surface area contributed by atoms with Gasteiger partial charge in [-0.15, -0.1) is 12.4 Å². The van der Waals surface area contributed by atoms with Gasteiger partial charge in [0.1, 0.15) is 12.2 Å². The molecule has 0 saturated carbocycles. The molecule has 4 atom stereocenters. The normalized spacial score (nSPS) is 38.4. The van der Waals surface area contributed by atoms with Crippen LogP contribution in [-0.4, -0.2) is 64.7 Å². The van der Waals surface area contributed by atoms with Crippen LogP contribution in [0, 0.1) is 0 Å². The van der Waals surface area contributed by atoms with Gasteiger partial charge in [0.25, 0.3) is 0 Å². The summed E-state index contributed by atoms with van der Waals surface area (Å²) in [5.74, 6) is 0.717. The third-order valence-electron chi connectivity index (χ3n) is 3.66. The number of rotatable bonds is 1. The van der Waals surface area contributed by atoms with Crippen LogP contribution >= 0.6 is 12.4 Å². The van der Waals surface area contributed by atoms with Crippen LogP contribution in [0.4, 0.5) is 0 Å². The quantitative estimate of drug-likeness (QED) is 0.662. The lowest BCUT2D eigenvalue weighted by atomic mass is 10.1. The number of aliphatic hydroxyl groups excluding tert-OH is 2. The van der Waals surface area contributed by atoms with Gasteiger partial charge in [0, 0.05) is 18.3 Å². The zero-order chi connectivity index (χ0) is 12.3. The highest BCUT2D eigenvalue weighted by molar-refractivity contribution is 6.08. The van der Waals surface area contributed by atoms with Crippen molar-refractivity contribution in [2.75, 3.05) is 13.2 Å². The average Bonchev–Trinajstić information content (AvgIpc) is 3.02. The Morgan fingerprint density at radius 3 is 3.11 bits per heavy atom. The Balaban J connectivity index is 0.00000110. The van der Waals surface area contributed by atoms with E-state index in [2.05, 4.69) is 9.98 Å². The first-order chi connectivity index (χ1) is 8.78. The van der Waals surface area contributed by atoms with Crippen LogP contribution < -0.4 is 0 Å². The molecule has 0 aromatic rings. The van der Waals surface area contributed by atoms with Crippen molar-refractivity contribution in [3.8, 4) is 0 Å². The van der Waals surface area contributed by atoms with E-state index < -0.39 is 24.5 Å². The highest BCUT2D eigenvalue weighted by Gasteiger charge is 2.54. The number of amidine groups is 2. The minimum atomic E-state index is -0.839. The number of halogens is 1. The lowest BCUT2D eigenvalue weighted by Gasteiger charge is -2.22. The van der Waals surface area contributed by atoms with Gasteiger partial charge in [-0.3, -0.25) is 9.89 Å². The van der Waals surface area contributed by atoms with Crippen LogP contribution in [0.1, 0.15) is 6.42 Å². The van der Waals surface area contributed by atoms with Crippen LogP contribution in [0.15, 0.2) is 21.8 Å². The molecule has 2 saturated heterocycles. The first kappa shape index (κ1) is 12.9. The van der Waals surface area contributed by atoms with Crippen molar-refractivity contribution in [1.82, 2.24) is 4.90 Å². The first-order valence-electron chi connectivity index (χ1n) is 6.01. The molecule has 7 nitrogen and oxygen atoms in total. The van der Waals surface area contributed by atoms with Gasteiger partial charge in [-0.1, -0.05) is 0 Å². The van der Waals surface area contributed by atoms with Gasteiger partial charge >= 0.3 is 6.02 Å². The largest absolute Gasteiger partial charge is 0.454 e. The Kier molecular flexibility index (Phi) is 3.01. The zero-order valence-electron chi connectivity index (χ0n) is 9.97. The molecule has 4 aliphatic heterocycles. The number of aliphatic hydroxyl groups is 2. The number of aliphatic imine (C=N–C) groups is 2. The summed E-state index contributed by atoms with van der Waals surface area (Å²) in [7, 11) is 0. The second-order valence-electron chi connectivity index (χ2n) is 4.73. The van der Waals surface area contributed by atoms with E-state index in [1.807, 2.05) is 6.20 Å². The highest BCUT2D eigenvalue weighted by Crippen LogP contribution is 2.35. The molecule has 0 aliphatic carbocycles. The topological polar surface area (TPSA) is 86.9 Å². The maximum absolute atomic E-state index is 9.97. The van der Waals surface area contributed by atoms with Gasteiger partial charge < -0.3 is 19.7 Å². The van der Waals surface area contributed by atoms with Gasteiger partial charge in [0.2, 0.25) is 0 Å². The summed E-state index contributed by atoms with van der Waals surface area (Å²) in [4.78, 5) is 10.4. The molecule has 8 heteroatoms. The number of ether oxygens (including phenoxy) is 2. The van der Waals surface area contributed by atoms with Crippen molar-refractivity contribution in [2.24, 2.45) is 9.98 Å². The molecular weight excluding hydrogens is 274 g/mol. The second-order valence-corrected chi connectivity index (χ2v) is 4.73. The molecule has 4 aliphatic rings. The maximum atomic E-state index is 9.97. The van der Waals surface area contributed by atoms with E-state index in [4.69, 9.17) is 14.6 Å². The average molecular weight is 288 g/mol. The Labute approximate surface area is 115 Å². The van der Waals surface area contributed by atoms with E-state index in [1.165, 1.54) is 0 Å². The molecule has 0 bridgehead atoms. The smallest absolute Gasteiger partial charge is 0.301 e. The molecule has 0 unspecified atom stereocenters. The fourth-order valence-corrected chi connectivity index (χ4v) is 2.71. The lowest BCUT2D eigenvalue weighted by molar-refractivity contribution is -0.0474. The van der Waals surface area contributed by atoms with E-state index in [9.17, 15) is 5.11 Å². The Morgan fingerprint density at radius 1 is 1.47 bits per heavy atom. The monoisotopic (exact) mass is 287 g/mol. The summed E-state index contributed by atoms with van der Waals surface area (Å²) >= 11 is 0. The molecule has 2 fully saturated rings. The maximum Gasteiger partial charge on any atom is 0.301 e. The summed E-state index contributed by atoms with van der Waals surface area (Å²) in [6.45, 7) is 0.531. The molecule has 0 aromatic carbocycles. The minimum absolute atomic E-state index is 0. The highest BCUT2D eigenvalue weighted by atomic mass is 35.5. The second kappa shape index (κ2) is 4.45. The Bertz CT molecular complexity index is 492. The van der Waals surface area contributed by atoms with Crippen LogP contribution in [0.5, 0.6) is 0 Å². The summed E-state index contributed by atoms with van der Waals surface area (Å²) in [5.41, 5.74) is 1.06. The molecule has 4 rings (SSSR count). The third kappa shape index (κ3) is 1.69. The molecule has 0 radical (unpaired) electrons. The van der Waals surface area contributed by atoms with E-state index in [-0.39, 0.29) is 19.0 Å². The molecule has 4 heterocycles. The summed E-state index contributed by atoms with van der Waals surface area (Å²) in [6, 6.07) is 0.421. The summed E-state index contributed by atoms with van der Waals surface area (Å²) in [6.07, 6.45) is 0.437. The van der Waals surface area contributed by atoms with Crippen molar-refractivity contribution in [3.63, 3.8) is 0 Å². The third-order valence-corrected chi connectivity index (χ3v) is 3.66.